The van der Waals surface area contributed by atoms with Crippen LogP contribution in [0.15, 0.2) is 29.2 Å². The number of hydrogen-bond acceptors (Lipinski definition) is 3. The van der Waals surface area contributed by atoms with Crippen molar-refractivity contribution in [1.82, 2.24) is 10.6 Å². The summed E-state index contributed by atoms with van der Waals surface area (Å²) in [5.74, 6) is 1.06. The second-order valence-electron chi connectivity index (χ2n) is 6.19. The monoisotopic (exact) mass is 306 g/mol. The molecule has 1 saturated carbocycles. The van der Waals surface area contributed by atoms with Crippen LogP contribution in [0.5, 0.6) is 0 Å². The molecule has 0 aromatic heterocycles. The largest absolute Gasteiger partial charge is 0.353 e. The number of benzene rings is 1. The molecule has 0 saturated heterocycles. The molecule has 0 aliphatic heterocycles. The first-order valence-corrected chi connectivity index (χ1v) is 8.77. The first kappa shape index (κ1) is 16.4. The van der Waals surface area contributed by atoms with E-state index in [-0.39, 0.29) is 11.9 Å². The van der Waals surface area contributed by atoms with E-state index in [2.05, 4.69) is 55.7 Å². The van der Waals surface area contributed by atoms with Gasteiger partial charge in [0.05, 0.1) is 5.75 Å². The number of nitrogens with one attached hydrogen (secondary N) is 2. The van der Waals surface area contributed by atoms with Gasteiger partial charge in [0.1, 0.15) is 0 Å². The normalized spacial score (nSPS) is 16.0. The molecule has 4 heteroatoms. The van der Waals surface area contributed by atoms with Crippen LogP contribution in [0, 0.1) is 5.92 Å². The van der Waals surface area contributed by atoms with Gasteiger partial charge in [-0.15, -0.1) is 11.8 Å². The van der Waals surface area contributed by atoms with Gasteiger partial charge in [0.15, 0.2) is 0 Å². The predicted molar refractivity (Wildman–Crippen MR) is 89.5 cm³/mol. The molecule has 1 aromatic carbocycles. The van der Waals surface area contributed by atoms with Crippen molar-refractivity contribution in [2.75, 3.05) is 5.75 Å². The molecule has 0 radical (unpaired) electrons. The Hall–Kier alpha value is -1.00. The summed E-state index contributed by atoms with van der Waals surface area (Å²) in [4.78, 5) is 13.0. The summed E-state index contributed by atoms with van der Waals surface area (Å²) in [5.41, 5.74) is 1.31. The summed E-state index contributed by atoms with van der Waals surface area (Å²) >= 11 is 1.60. The highest BCUT2D eigenvalue weighted by atomic mass is 32.2. The van der Waals surface area contributed by atoms with Crippen LogP contribution < -0.4 is 10.6 Å². The van der Waals surface area contributed by atoms with E-state index < -0.39 is 0 Å². The molecule has 21 heavy (non-hydrogen) atoms. The van der Waals surface area contributed by atoms with Crippen LogP contribution in [-0.2, 0) is 11.3 Å². The van der Waals surface area contributed by atoms with Gasteiger partial charge in [0.2, 0.25) is 5.91 Å². The van der Waals surface area contributed by atoms with E-state index in [0.29, 0.717) is 11.7 Å². The van der Waals surface area contributed by atoms with E-state index in [9.17, 15) is 4.79 Å². The molecule has 1 amide bonds. The van der Waals surface area contributed by atoms with Crippen molar-refractivity contribution >= 4 is 17.7 Å². The van der Waals surface area contributed by atoms with Gasteiger partial charge in [0, 0.05) is 23.5 Å². The third-order valence-corrected chi connectivity index (χ3v) is 4.87. The topological polar surface area (TPSA) is 41.1 Å². The second-order valence-corrected chi connectivity index (χ2v) is 7.24. The molecule has 116 valence electrons. The predicted octanol–water partition coefficient (Wildman–Crippen LogP) is 3.19. The lowest BCUT2D eigenvalue weighted by Gasteiger charge is -2.17. The van der Waals surface area contributed by atoms with Gasteiger partial charge in [-0.3, -0.25) is 4.79 Å². The highest BCUT2D eigenvalue weighted by molar-refractivity contribution is 8.00. The molecule has 1 fully saturated rings. The highest BCUT2D eigenvalue weighted by Crippen LogP contribution is 2.21. The zero-order chi connectivity index (χ0) is 15.2. The third-order valence-electron chi connectivity index (χ3n) is 3.85. The van der Waals surface area contributed by atoms with Gasteiger partial charge in [-0.1, -0.05) is 26.0 Å². The fourth-order valence-corrected chi connectivity index (χ4v) is 2.57. The van der Waals surface area contributed by atoms with Crippen LogP contribution in [0.25, 0.3) is 0 Å². The Morgan fingerprint density at radius 2 is 1.90 bits per heavy atom. The van der Waals surface area contributed by atoms with Gasteiger partial charge in [-0.05, 0) is 43.4 Å². The molecule has 1 unspecified atom stereocenters. The van der Waals surface area contributed by atoms with Crippen molar-refractivity contribution in [2.45, 2.75) is 57.1 Å². The maximum absolute atomic E-state index is 11.8. The summed E-state index contributed by atoms with van der Waals surface area (Å²) in [6, 6.07) is 9.47. The molecule has 0 bridgehead atoms. The third kappa shape index (κ3) is 6.10. The fourth-order valence-electron chi connectivity index (χ4n) is 1.86. The average molecular weight is 306 g/mol. The van der Waals surface area contributed by atoms with Crippen LogP contribution in [-0.4, -0.2) is 23.7 Å². The maximum Gasteiger partial charge on any atom is 0.230 e. The van der Waals surface area contributed by atoms with E-state index >= 15 is 0 Å². The van der Waals surface area contributed by atoms with Crippen molar-refractivity contribution in [1.29, 1.82) is 0 Å². The molecule has 1 aliphatic carbocycles. The van der Waals surface area contributed by atoms with E-state index in [1.807, 2.05) is 0 Å². The summed E-state index contributed by atoms with van der Waals surface area (Å²) in [7, 11) is 0. The van der Waals surface area contributed by atoms with Gasteiger partial charge < -0.3 is 10.6 Å². The molecule has 2 rings (SSSR count). The van der Waals surface area contributed by atoms with Crippen molar-refractivity contribution in [3.63, 3.8) is 0 Å². The number of carbonyl (C=O) groups excluding carboxylic acids is 1. The molecule has 0 heterocycles. The number of amides is 1. The smallest absolute Gasteiger partial charge is 0.230 e. The number of thioether (sulfide) groups is 1. The second kappa shape index (κ2) is 7.85. The minimum absolute atomic E-state index is 0.112. The van der Waals surface area contributed by atoms with Gasteiger partial charge in [-0.2, -0.15) is 0 Å². The Morgan fingerprint density at radius 1 is 1.24 bits per heavy atom. The minimum atomic E-state index is 0.112. The summed E-state index contributed by atoms with van der Waals surface area (Å²) in [6.45, 7) is 7.23. The lowest BCUT2D eigenvalue weighted by atomic mass is 10.1. The Bertz CT molecular complexity index is 454. The van der Waals surface area contributed by atoms with Crippen LogP contribution in [0.1, 0.15) is 39.2 Å². The first-order valence-electron chi connectivity index (χ1n) is 7.79. The fraction of sp³-hybridized carbons (Fsp3) is 0.588. The van der Waals surface area contributed by atoms with Crippen molar-refractivity contribution < 1.29 is 4.79 Å². The van der Waals surface area contributed by atoms with E-state index in [1.165, 1.54) is 18.4 Å². The number of rotatable bonds is 8. The van der Waals surface area contributed by atoms with Gasteiger partial charge >= 0.3 is 0 Å². The maximum atomic E-state index is 11.8. The van der Waals surface area contributed by atoms with Crippen molar-refractivity contribution in [2.24, 2.45) is 5.92 Å². The lowest BCUT2D eigenvalue weighted by molar-refractivity contribution is -0.119. The molecule has 3 nitrogen and oxygen atoms in total. The van der Waals surface area contributed by atoms with Crippen LogP contribution in [0.3, 0.4) is 0 Å². The van der Waals surface area contributed by atoms with Crippen LogP contribution in [0.4, 0.5) is 0 Å². The highest BCUT2D eigenvalue weighted by Gasteiger charge is 2.19. The minimum Gasteiger partial charge on any atom is -0.353 e. The summed E-state index contributed by atoms with van der Waals surface area (Å²) in [6.07, 6.45) is 2.63. The Morgan fingerprint density at radius 3 is 2.48 bits per heavy atom. The van der Waals surface area contributed by atoms with Crippen molar-refractivity contribution in [3.8, 4) is 0 Å². The van der Waals surface area contributed by atoms with E-state index in [4.69, 9.17) is 0 Å². The Balaban J connectivity index is 1.71. The van der Waals surface area contributed by atoms with E-state index in [1.54, 1.807) is 11.8 Å². The molecule has 1 aromatic rings. The lowest BCUT2D eigenvalue weighted by Crippen LogP contribution is -2.37. The van der Waals surface area contributed by atoms with Crippen LogP contribution in [0.2, 0.25) is 0 Å². The zero-order valence-corrected chi connectivity index (χ0v) is 14.0. The molecule has 1 atom stereocenters. The Kier molecular flexibility index (Phi) is 6.12. The molecular formula is C17H26N2OS. The molecule has 2 N–H and O–H groups in total. The summed E-state index contributed by atoms with van der Waals surface area (Å²) < 4.78 is 0. The summed E-state index contributed by atoms with van der Waals surface area (Å²) in [5, 5.41) is 6.53. The van der Waals surface area contributed by atoms with Gasteiger partial charge in [0.25, 0.3) is 0 Å². The standard InChI is InChI=1S/C17H26N2OS/c1-12(2)13(3)19-17(20)11-21-16-8-4-14(5-9-16)10-18-15-6-7-15/h4-5,8-9,12-13,15,18H,6-7,10-11H2,1-3H3,(H,19,20). The zero-order valence-electron chi connectivity index (χ0n) is 13.2. The molecule has 1 aliphatic rings. The molecule has 0 spiro atoms. The number of carbonyl (C=O) groups is 1. The van der Waals surface area contributed by atoms with Crippen LogP contribution >= 0.6 is 11.8 Å². The van der Waals surface area contributed by atoms with E-state index in [0.717, 1.165) is 17.5 Å². The first-order chi connectivity index (χ1) is 10.0. The molecular weight excluding hydrogens is 280 g/mol. The quantitative estimate of drug-likeness (QED) is 0.725. The van der Waals surface area contributed by atoms with Gasteiger partial charge in [-0.25, -0.2) is 0 Å². The van der Waals surface area contributed by atoms with Crippen molar-refractivity contribution in [3.05, 3.63) is 29.8 Å². The number of hydrogen-bond donors (Lipinski definition) is 2. The average Bonchev–Trinajstić information content (AvgIpc) is 3.28. The SMILES string of the molecule is CC(C)C(C)NC(=O)CSc1ccc(CNC2CC2)cc1. The Labute approximate surface area is 132 Å².